The zero-order chi connectivity index (χ0) is 27.7. The smallest absolute Gasteiger partial charge is 0.455 e. The molecule has 39 heavy (non-hydrogen) atoms. The minimum Gasteiger partial charge on any atom is -0.455 e. The Kier molecular flexibility index (Phi) is 7.59. The van der Waals surface area contributed by atoms with Crippen molar-refractivity contribution in [3.63, 3.8) is 0 Å². The number of hydrogen-bond donors (Lipinski definition) is 4. The minimum absolute atomic E-state index is 0.181. The van der Waals surface area contributed by atoms with Crippen LogP contribution in [0.3, 0.4) is 0 Å². The van der Waals surface area contributed by atoms with Gasteiger partial charge in [-0.1, -0.05) is 24.3 Å². The molecule has 3 aromatic carbocycles. The molecule has 202 valence electrons. The minimum atomic E-state index is -3.70. The Morgan fingerprint density at radius 1 is 1.08 bits per heavy atom. The maximum atomic E-state index is 13.5. The standard InChI is InChI=1S/C28H28BFN2O6S/c1-31-28(33)26-24-15-23(18-4-5-18)20(14-25(24)38-27(26)19-6-10-22(30)11-7-19)16-39(36,37)32-13-12-17-2-8-21(9-3-17)29(34)35/h2-3,6-11,14-15,18,32,34-35H,4-5,12-13,16H2,1H3,(H,31,33). The van der Waals surface area contributed by atoms with Gasteiger partial charge in [0.1, 0.15) is 17.2 Å². The molecule has 1 aliphatic rings. The molecule has 0 unspecified atom stereocenters. The van der Waals surface area contributed by atoms with E-state index < -0.39 is 23.0 Å². The van der Waals surface area contributed by atoms with E-state index in [1.807, 2.05) is 6.07 Å². The van der Waals surface area contributed by atoms with Gasteiger partial charge >= 0.3 is 7.12 Å². The van der Waals surface area contributed by atoms with E-state index in [0.717, 1.165) is 24.0 Å². The van der Waals surface area contributed by atoms with Gasteiger partial charge in [0.2, 0.25) is 10.0 Å². The summed E-state index contributed by atoms with van der Waals surface area (Å²) in [5.74, 6) is -0.496. The fourth-order valence-corrected chi connectivity index (χ4v) is 5.89. The average molecular weight is 550 g/mol. The molecule has 4 N–H and O–H groups in total. The van der Waals surface area contributed by atoms with E-state index in [4.69, 9.17) is 4.42 Å². The molecule has 8 nitrogen and oxygen atoms in total. The quantitative estimate of drug-likeness (QED) is 0.225. The molecule has 0 saturated heterocycles. The number of sulfonamides is 1. The lowest BCUT2D eigenvalue weighted by atomic mass is 9.80. The summed E-state index contributed by atoms with van der Waals surface area (Å²) in [5.41, 5.74) is 3.96. The largest absolute Gasteiger partial charge is 0.488 e. The van der Waals surface area contributed by atoms with Crippen molar-refractivity contribution >= 4 is 39.5 Å². The highest BCUT2D eigenvalue weighted by molar-refractivity contribution is 7.88. The molecule has 5 rings (SSSR count). The number of carbonyl (C=O) groups is 1. The number of hydrogen-bond acceptors (Lipinski definition) is 6. The first-order valence-corrected chi connectivity index (χ1v) is 14.3. The molecule has 1 fully saturated rings. The van der Waals surface area contributed by atoms with Crippen molar-refractivity contribution < 1.29 is 32.1 Å². The van der Waals surface area contributed by atoms with Crippen molar-refractivity contribution in [2.24, 2.45) is 0 Å². The number of carbonyl (C=O) groups excluding carboxylic acids is 1. The lowest BCUT2D eigenvalue weighted by molar-refractivity contribution is 0.0964. The van der Waals surface area contributed by atoms with Crippen LogP contribution in [-0.4, -0.2) is 45.1 Å². The van der Waals surface area contributed by atoms with Crippen LogP contribution in [-0.2, 0) is 22.2 Å². The third-order valence-electron chi connectivity index (χ3n) is 6.89. The van der Waals surface area contributed by atoms with Crippen LogP contribution < -0.4 is 15.5 Å². The molecule has 11 heteroatoms. The van der Waals surface area contributed by atoms with Gasteiger partial charge in [-0.3, -0.25) is 4.79 Å². The van der Waals surface area contributed by atoms with Crippen LogP contribution in [0.5, 0.6) is 0 Å². The summed E-state index contributed by atoms with van der Waals surface area (Å²) in [6.07, 6.45) is 2.30. The molecule has 0 bridgehead atoms. The van der Waals surface area contributed by atoms with E-state index in [0.29, 0.717) is 45.3 Å². The Morgan fingerprint density at radius 3 is 2.38 bits per heavy atom. The number of nitrogens with one attached hydrogen (secondary N) is 2. The molecular formula is C28H28BFN2O6S. The van der Waals surface area contributed by atoms with Crippen LogP contribution in [0.25, 0.3) is 22.3 Å². The average Bonchev–Trinajstić information content (AvgIpc) is 3.69. The predicted octanol–water partition coefficient (Wildman–Crippen LogP) is 2.82. The third-order valence-corrected chi connectivity index (χ3v) is 8.22. The predicted molar refractivity (Wildman–Crippen MR) is 148 cm³/mol. The molecule has 1 amide bonds. The Morgan fingerprint density at radius 2 is 1.77 bits per heavy atom. The first kappa shape index (κ1) is 27.1. The van der Waals surface area contributed by atoms with Gasteiger partial charge in [-0.2, -0.15) is 0 Å². The number of rotatable bonds is 10. The van der Waals surface area contributed by atoms with Crippen LogP contribution in [0.1, 0.15) is 45.8 Å². The summed E-state index contributed by atoms with van der Waals surface area (Å²) >= 11 is 0. The lowest BCUT2D eigenvalue weighted by Gasteiger charge is -2.12. The Bertz CT molecular complexity index is 1610. The zero-order valence-corrected chi connectivity index (χ0v) is 22.1. The number of amides is 1. The van der Waals surface area contributed by atoms with Crippen molar-refractivity contribution in [2.75, 3.05) is 13.6 Å². The molecular weight excluding hydrogens is 522 g/mol. The first-order chi connectivity index (χ1) is 18.6. The van der Waals surface area contributed by atoms with E-state index in [9.17, 15) is 27.7 Å². The van der Waals surface area contributed by atoms with Gasteiger partial charge in [0.15, 0.2) is 0 Å². The summed E-state index contributed by atoms with van der Waals surface area (Å²) in [6, 6.07) is 15.8. The number of halogens is 1. The van der Waals surface area contributed by atoms with Gasteiger partial charge in [-0.15, -0.1) is 0 Å². The summed E-state index contributed by atoms with van der Waals surface area (Å²) < 4.78 is 48.3. The number of benzene rings is 3. The molecule has 1 aromatic heterocycles. The molecule has 0 radical (unpaired) electrons. The topological polar surface area (TPSA) is 129 Å². The Balaban J connectivity index is 1.42. The van der Waals surface area contributed by atoms with Gasteiger partial charge in [0, 0.05) is 24.5 Å². The van der Waals surface area contributed by atoms with Crippen molar-refractivity contribution in [3.8, 4) is 11.3 Å². The summed E-state index contributed by atoms with van der Waals surface area (Å²) in [4.78, 5) is 12.9. The van der Waals surface area contributed by atoms with Crippen LogP contribution in [0, 0.1) is 5.82 Å². The second-order valence-corrected chi connectivity index (χ2v) is 11.5. The normalized spacial score (nSPS) is 13.5. The second kappa shape index (κ2) is 10.9. The highest BCUT2D eigenvalue weighted by Gasteiger charge is 2.31. The van der Waals surface area contributed by atoms with Crippen LogP contribution in [0.2, 0.25) is 0 Å². The Hall–Kier alpha value is -3.51. The molecule has 4 aromatic rings. The SMILES string of the molecule is CNC(=O)c1c(-c2ccc(F)cc2)oc2cc(CS(=O)(=O)NCCc3ccc(B(O)O)cc3)c(C3CC3)cc12. The highest BCUT2D eigenvalue weighted by Crippen LogP contribution is 2.45. The fourth-order valence-electron chi connectivity index (χ4n) is 4.72. The zero-order valence-electron chi connectivity index (χ0n) is 21.3. The monoisotopic (exact) mass is 550 g/mol. The summed E-state index contributed by atoms with van der Waals surface area (Å²) in [5, 5.41) is 21.7. The van der Waals surface area contributed by atoms with Gasteiger partial charge < -0.3 is 19.8 Å². The van der Waals surface area contributed by atoms with E-state index in [1.165, 1.54) is 31.3 Å². The molecule has 1 saturated carbocycles. The molecule has 0 spiro atoms. The van der Waals surface area contributed by atoms with E-state index >= 15 is 0 Å². The van der Waals surface area contributed by atoms with Crippen LogP contribution in [0.15, 0.2) is 65.1 Å². The number of fused-ring (bicyclic) bond motifs is 1. The first-order valence-electron chi connectivity index (χ1n) is 12.6. The summed E-state index contributed by atoms with van der Waals surface area (Å²) in [6.45, 7) is 0.181. The van der Waals surface area contributed by atoms with Crippen molar-refractivity contribution in [3.05, 3.63) is 88.7 Å². The van der Waals surface area contributed by atoms with Crippen molar-refractivity contribution in [2.45, 2.75) is 30.9 Å². The van der Waals surface area contributed by atoms with Crippen LogP contribution >= 0.6 is 0 Å². The van der Waals surface area contributed by atoms with Gasteiger partial charge in [0.25, 0.3) is 5.91 Å². The maximum absolute atomic E-state index is 13.5. The van der Waals surface area contributed by atoms with E-state index in [1.54, 1.807) is 30.3 Å². The number of furan rings is 1. The fraction of sp³-hybridized carbons (Fsp3) is 0.250. The van der Waals surface area contributed by atoms with E-state index in [-0.39, 0.29) is 24.1 Å². The molecule has 1 aliphatic carbocycles. The van der Waals surface area contributed by atoms with E-state index in [2.05, 4.69) is 10.0 Å². The van der Waals surface area contributed by atoms with Gasteiger partial charge in [-0.25, -0.2) is 17.5 Å². The second-order valence-electron chi connectivity index (χ2n) is 9.73. The van der Waals surface area contributed by atoms with Gasteiger partial charge in [-0.05, 0) is 83.7 Å². The molecule has 0 aliphatic heterocycles. The highest BCUT2D eigenvalue weighted by atomic mass is 32.2. The third kappa shape index (κ3) is 6.07. The lowest BCUT2D eigenvalue weighted by Crippen LogP contribution is -2.30. The Labute approximate surface area is 226 Å². The maximum Gasteiger partial charge on any atom is 0.488 e. The van der Waals surface area contributed by atoms with Crippen LogP contribution in [0.4, 0.5) is 4.39 Å². The molecule has 0 atom stereocenters. The van der Waals surface area contributed by atoms with Crippen molar-refractivity contribution in [1.29, 1.82) is 0 Å². The van der Waals surface area contributed by atoms with Gasteiger partial charge in [0.05, 0.1) is 11.3 Å². The molecule has 1 heterocycles. The van der Waals surface area contributed by atoms with Crippen molar-refractivity contribution in [1.82, 2.24) is 10.0 Å². The summed E-state index contributed by atoms with van der Waals surface area (Å²) in [7, 11) is -3.73.